The Labute approximate surface area is 286 Å². The van der Waals surface area contributed by atoms with Gasteiger partial charge in [0.1, 0.15) is 18.3 Å². The Kier molecular flexibility index (Phi) is 11.3. The number of methoxy groups -OCH3 is 1. The van der Waals surface area contributed by atoms with Crippen molar-refractivity contribution in [1.82, 2.24) is 15.2 Å². The maximum absolute atomic E-state index is 13.5. The van der Waals surface area contributed by atoms with Crippen LogP contribution in [0, 0.1) is 23.7 Å². The van der Waals surface area contributed by atoms with Crippen LogP contribution in [-0.4, -0.2) is 47.5 Å². The third-order valence-electron chi connectivity index (χ3n) is 9.22. The van der Waals surface area contributed by atoms with E-state index >= 15 is 0 Å². The molecule has 0 spiro atoms. The van der Waals surface area contributed by atoms with Crippen LogP contribution in [0.25, 0.3) is 10.1 Å². The van der Waals surface area contributed by atoms with Gasteiger partial charge in [-0.3, -0.25) is 19.2 Å². The normalized spacial score (nSPS) is 22.9. The number of carbonyl (C=O) groups excluding carboxylic acids is 4. The van der Waals surface area contributed by atoms with Gasteiger partial charge in [-0.05, 0) is 104 Å². The van der Waals surface area contributed by atoms with E-state index in [2.05, 4.69) is 50.5 Å². The van der Waals surface area contributed by atoms with E-state index in [0.717, 1.165) is 39.7 Å². The van der Waals surface area contributed by atoms with Gasteiger partial charge in [0.05, 0.1) is 12.0 Å². The van der Waals surface area contributed by atoms with Crippen molar-refractivity contribution in [3.05, 3.63) is 74.5 Å². The molecule has 2 aliphatic carbocycles. The van der Waals surface area contributed by atoms with E-state index < -0.39 is 29.4 Å². The van der Waals surface area contributed by atoms with Crippen LogP contribution in [0.1, 0.15) is 62.0 Å². The van der Waals surface area contributed by atoms with Crippen molar-refractivity contribution >= 4 is 66.7 Å². The number of allylic oxidation sites excluding steroid dienone is 1. The van der Waals surface area contributed by atoms with Crippen molar-refractivity contribution in [2.45, 2.75) is 71.0 Å². The Bertz CT molecular complexity index is 1730. The van der Waals surface area contributed by atoms with Crippen LogP contribution in [0.15, 0.2) is 64.0 Å². The molecule has 2 bridgehead atoms. The van der Waals surface area contributed by atoms with E-state index in [0.29, 0.717) is 22.6 Å². The summed E-state index contributed by atoms with van der Waals surface area (Å²) < 4.78 is 7.71. The number of pyridine rings is 1. The average Bonchev–Trinajstić information content (AvgIpc) is 3.45. The van der Waals surface area contributed by atoms with Gasteiger partial charge in [-0.2, -0.15) is 0 Å². The zero-order valence-corrected chi connectivity index (χ0v) is 29.2. The second-order valence-corrected chi connectivity index (χ2v) is 14.9. The number of esters is 1. The number of benzene rings is 1. The van der Waals surface area contributed by atoms with Crippen LogP contribution in [0.2, 0.25) is 0 Å². The van der Waals surface area contributed by atoms with E-state index in [9.17, 15) is 24.0 Å². The molecule has 3 N–H and O–H groups in total. The summed E-state index contributed by atoms with van der Waals surface area (Å²) >= 11 is 4.75. The molecule has 3 aromatic rings. The number of hydrogen-bond donors (Lipinski definition) is 3. The number of hydrogen-bond acceptors (Lipinski definition) is 7. The van der Waals surface area contributed by atoms with E-state index in [1.54, 1.807) is 18.2 Å². The minimum atomic E-state index is -1.02. The minimum Gasteiger partial charge on any atom is -0.466 e. The summed E-state index contributed by atoms with van der Waals surface area (Å²) in [5.74, 6) is 0.405. The third-order valence-corrected chi connectivity index (χ3v) is 10.8. The predicted molar refractivity (Wildman–Crippen MR) is 186 cm³/mol. The first-order valence-corrected chi connectivity index (χ1v) is 17.7. The number of halogens is 1. The highest BCUT2D eigenvalue weighted by Gasteiger charge is 2.40. The fourth-order valence-corrected chi connectivity index (χ4v) is 8.51. The number of rotatable bonds is 11. The zero-order chi connectivity index (χ0) is 33.7. The first kappa shape index (κ1) is 34.6. The Morgan fingerprint density at radius 2 is 1.91 bits per heavy atom. The fourth-order valence-electron chi connectivity index (χ4n) is 7.18. The summed E-state index contributed by atoms with van der Waals surface area (Å²) in [4.78, 5) is 65.3. The molecule has 10 nitrogen and oxygen atoms in total. The number of thiophene rings is 1. The first-order valence-electron chi connectivity index (χ1n) is 16.0. The summed E-state index contributed by atoms with van der Waals surface area (Å²) in [6.07, 6.45) is 9.38. The van der Waals surface area contributed by atoms with Crippen molar-refractivity contribution in [1.29, 1.82) is 0 Å². The zero-order valence-electron chi connectivity index (χ0n) is 26.8. The molecule has 250 valence electrons. The highest BCUT2D eigenvalue weighted by Crippen LogP contribution is 2.44. The minimum absolute atomic E-state index is 0.00338. The van der Waals surface area contributed by atoms with Crippen LogP contribution < -0.4 is 21.5 Å². The number of fused-ring (bicyclic) bond motifs is 3. The molecule has 6 atom stereocenters. The third kappa shape index (κ3) is 8.78. The molecule has 0 radical (unpaired) electrons. The van der Waals surface area contributed by atoms with E-state index in [1.165, 1.54) is 47.8 Å². The van der Waals surface area contributed by atoms with Gasteiger partial charge in [0.2, 0.25) is 11.8 Å². The summed E-state index contributed by atoms with van der Waals surface area (Å²) in [5, 5.41) is 9.56. The lowest BCUT2D eigenvalue weighted by atomic mass is 9.63. The quantitative estimate of drug-likeness (QED) is 0.173. The molecular formula is C35H41BrN4O6S. The van der Waals surface area contributed by atoms with Gasteiger partial charge in [0.25, 0.3) is 11.5 Å². The molecule has 47 heavy (non-hydrogen) atoms. The molecule has 12 heteroatoms. The maximum Gasteiger partial charge on any atom is 0.330 e. The SMILES string of the molecule is COC(=O)/C=C/CC[C@H](NC(=O)c1cc2cc(Br)ccc2s1)C(=O)Nc1cccn(CC(=O)NC2C(C)CC3CC(C)CC2C3)c1=O. The lowest BCUT2D eigenvalue weighted by Crippen LogP contribution is -2.51. The molecule has 2 fully saturated rings. The highest BCUT2D eigenvalue weighted by atomic mass is 79.9. The van der Waals surface area contributed by atoms with E-state index in [4.69, 9.17) is 0 Å². The van der Waals surface area contributed by atoms with Crippen LogP contribution in [-0.2, 0) is 25.7 Å². The van der Waals surface area contributed by atoms with Crippen molar-refractivity contribution in [2.24, 2.45) is 23.7 Å². The second kappa shape index (κ2) is 15.4. The molecule has 0 saturated heterocycles. The molecule has 2 aromatic heterocycles. The highest BCUT2D eigenvalue weighted by molar-refractivity contribution is 9.10. The van der Waals surface area contributed by atoms with Crippen LogP contribution >= 0.6 is 27.3 Å². The van der Waals surface area contributed by atoms with Gasteiger partial charge in [-0.1, -0.05) is 35.9 Å². The van der Waals surface area contributed by atoms with Gasteiger partial charge < -0.3 is 25.3 Å². The number of nitrogens with one attached hydrogen (secondary N) is 3. The standard InChI is InChI=1S/C35H41BrN4O6S/c1-20-13-22-15-21(2)32(24(14-20)16-22)39-30(41)19-40-12-6-8-27(35(40)45)38-33(43)26(7-4-5-9-31(42)46-3)37-34(44)29-18-23-17-25(36)10-11-28(23)47-29/h5-6,8-12,17-18,20-22,24,26,32H,4,7,13-16,19H2,1-3H3,(H,37,44)(H,38,43)(H,39,41)/b9-5+/t20?,21?,22?,24?,26-,32?/m0/s1. The number of aromatic nitrogens is 1. The molecule has 0 aliphatic heterocycles. The number of carbonyl (C=O) groups is 4. The lowest BCUT2D eigenvalue weighted by molar-refractivity contribution is -0.134. The van der Waals surface area contributed by atoms with Crippen molar-refractivity contribution in [3.8, 4) is 0 Å². The monoisotopic (exact) mass is 724 g/mol. The Morgan fingerprint density at radius 3 is 2.70 bits per heavy atom. The van der Waals surface area contributed by atoms with Gasteiger partial charge in [0.15, 0.2) is 0 Å². The number of amides is 3. The Morgan fingerprint density at radius 1 is 1.11 bits per heavy atom. The molecular weight excluding hydrogens is 684 g/mol. The van der Waals surface area contributed by atoms with Crippen molar-refractivity contribution in [2.75, 3.05) is 12.4 Å². The van der Waals surface area contributed by atoms with Gasteiger partial charge in [-0.25, -0.2) is 4.79 Å². The Balaban J connectivity index is 1.27. The van der Waals surface area contributed by atoms with Crippen LogP contribution in [0.4, 0.5) is 5.69 Å². The van der Waals surface area contributed by atoms with E-state index in [-0.39, 0.29) is 37.0 Å². The largest absolute Gasteiger partial charge is 0.466 e. The van der Waals surface area contributed by atoms with Gasteiger partial charge in [-0.15, -0.1) is 11.3 Å². The fraction of sp³-hybridized carbons (Fsp3) is 0.457. The van der Waals surface area contributed by atoms with Gasteiger partial charge >= 0.3 is 5.97 Å². The summed E-state index contributed by atoms with van der Waals surface area (Å²) in [7, 11) is 1.27. The number of ether oxygens (including phenoxy) is 1. The summed E-state index contributed by atoms with van der Waals surface area (Å²) in [6.45, 7) is 4.31. The number of nitrogens with zero attached hydrogens (tertiary/aromatic N) is 1. The van der Waals surface area contributed by atoms with Gasteiger partial charge in [0, 0.05) is 27.5 Å². The predicted octanol–water partition coefficient (Wildman–Crippen LogP) is 5.65. The smallest absolute Gasteiger partial charge is 0.330 e. The number of anilines is 1. The molecule has 1 aromatic carbocycles. The molecule has 5 rings (SSSR count). The Hall–Kier alpha value is -3.77. The molecule has 2 heterocycles. The topological polar surface area (TPSA) is 136 Å². The van der Waals surface area contributed by atoms with Crippen molar-refractivity contribution < 1.29 is 23.9 Å². The van der Waals surface area contributed by atoms with E-state index in [1.807, 2.05) is 18.2 Å². The first-order chi connectivity index (χ1) is 22.5. The summed E-state index contributed by atoms with van der Waals surface area (Å²) in [6, 6.07) is 9.60. The molecule has 2 aliphatic rings. The summed E-state index contributed by atoms with van der Waals surface area (Å²) in [5.41, 5.74) is -0.527. The molecule has 3 amide bonds. The molecule has 5 unspecified atom stereocenters. The average molecular weight is 726 g/mol. The second-order valence-electron chi connectivity index (χ2n) is 12.9. The lowest BCUT2D eigenvalue weighted by Gasteiger charge is -2.46. The molecule has 2 saturated carbocycles. The van der Waals surface area contributed by atoms with Crippen molar-refractivity contribution in [3.63, 3.8) is 0 Å². The van der Waals surface area contributed by atoms with Crippen LogP contribution in [0.5, 0.6) is 0 Å². The van der Waals surface area contributed by atoms with Crippen LogP contribution in [0.3, 0.4) is 0 Å². The maximum atomic E-state index is 13.5.